The van der Waals surface area contributed by atoms with Crippen LogP contribution in [0.15, 0.2) is 42.5 Å². The van der Waals surface area contributed by atoms with Crippen LogP contribution in [-0.2, 0) is 0 Å². The van der Waals surface area contributed by atoms with Crippen molar-refractivity contribution in [3.63, 3.8) is 0 Å². The molecule has 0 spiro atoms. The van der Waals surface area contributed by atoms with E-state index in [1.165, 1.54) is 16.7 Å². The molecule has 2 heterocycles. The summed E-state index contributed by atoms with van der Waals surface area (Å²) in [6.07, 6.45) is 0. The lowest BCUT2D eigenvalue weighted by Crippen LogP contribution is -2.08. The molecule has 3 aromatic rings. The molecule has 90 valence electrons. The third-order valence-electron chi connectivity index (χ3n) is 2.95. The highest BCUT2D eigenvalue weighted by molar-refractivity contribution is 7.16. The standard InChI is InChI=1S/C14H12N2OS/c1-9-8-10-4-2-3-5-11(10)16(9)13-7-6-12(18-13)14(15)17/h2-8H,1H3,(H2,15,17). The number of hydrogen-bond acceptors (Lipinski definition) is 2. The highest BCUT2D eigenvalue weighted by Gasteiger charge is 2.11. The number of rotatable bonds is 2. The van der Waals surface area contributed by atoms with Crippen molar-refractivity contribution >= 4 is 28.1 Å². The summed E-state index contributed by atoms with van der Waals surface area (Å²) >= 11 is 1.42. The van der Waals surface area contributed by atoms with E-state index in [1.807, 2.05) is 18.2 Å². The van der Waals surface area contributed by atoms with E-state index in [1.54, 1.807) is 6.07 Å². The summed E-state index contributed by atoms with van der Waals surface area (Å²) in [7, 11) is 0. The van der Waals surface area contributed by atoms with Crippen LogP contribution >= 0.6 is 11.3 Å². The van der Waals surface area contributed by atoms with Gasteiger partial charge in [0.2, 0.25) is 0 Å². The van der Waals surface area contributed by atoms with E-state index in [4.69, 9.17) is 5.73 Å². The zero-order valence-electron chi connectivity index (χ0n) is 9.88. The highest BCUT2D eigenvalue weighted by Crippen LogP contribution is 2.28. The minimum absolute atomic E-state index is 0.375. The number of benzene rings is 1. The molecule has 0 fully saturated rings. The Labute approximate surface area is 108 Å². The first-order valence-corrected chi connectivity index (χ1v) is 6.45. The molecule has 0 unspecified atom stereocenters. The van der Waals surface area contributed by atoms with E-state index in [9.17, 15) is 4.79 Å². The molecule has 1 aromatic carbocycles. The maximum absolute atomic E-state index is 11.2. The van der Waals surface area contributed by atoms with Crippen LogP contribution in [0.5, 0.6) is 0 Å². The van der Waals surface area contributed by atoms with Crippen LogP contribution in [0.25, 0.3) is 15.9 Å². The first-order chi connectivity index (χ1) is 8.66. The molecule has 1 amide bonds. The average Bonchev–Trinajstić information content (AvgIpc) is 2.91. The molecule has 3 rings (SSSR count). The van der Waals surface area contributed by atoms with Crippen LogP contribution in [0.3, 0.4) is 0 Å². The summed E-state index contributed by atoms with van der Waals surface area (Å²) in [4.78, 5) is 11.7. The number of para-hydroxylation sites is 1. The van der Waals surface area contributed by atoms with Gasteiger partial charge in [0.1, 0.15) is 5.00 Å². The van der Waals surface area contributed by atoms with E-state index < -0.39 is 0 Å². The lowest BCUT2D eigenvalue weighted by Gasteiger charge is -2.04. The highest BCUT2D eigenvalue weighted by atomic mass is 32.1. The minimum atomic E-state index is -0.375. The monoisotopic (exact) mass is 256 g/mol. The number of nitrogens with zero attached hydrogens (tertiary/aromatic N) is 1. The second-order valence-electron chi connectivity index (χ2n) is 4.18. The van der Waals surface area contributed by atoms with Crippen LogP contribution in [0, 0.1) is 6.92 Å². The van der Waals surface area contributed by atoms with Gasteiger partial charge >= 0.3 is 0 Å². The molecule has 0 aliphatic carbocycles. The zero-order valence-corrected chi connectivity index (χ0v) is 10.7. The van der Waals surface area contributed by atoms with Crippen molar-refractivity contribution in [1.82, 2.24) is 4.57 Å². The summed E-state index contributed by atoms with van der Waals surface area (Å²) in [5, 5.41) is 2.21. The maximum atomic E-state index is 11.2. The van der Waals surface area contributed by atoms with Gasteiger partial charge in [0.25, 0.3) is 5.91 Å². The number of aryl methyl sites for hydroxylation is 1. The Balaban J connectivity index is 2.24. The third kappa shape index (κ3) is 1.62. The fraction of sp³-hybridized carbons (Fsp3) is 0.0714. The number of nitrogens with two attached hydrogens (primary N) is 1. The summed E-state index contributed by atoms with van der Waals surface area (Å²) < 4.78 is 2.15. The topological polar surface area (TPSA) is 48.0 Å². The molecule has 0 saturated heterocycles. The van der Waals surface area contributed by atoms with Gasteiger partial charge in [0.15, 0.2) is 0 Å². The van der Waals surface area contributed by atoms with Crippen molar-refractivity contribution in [2.45, 2.75) is 6.92 Å². The van der Waals surface area contributed by atoms with Gasteiger partial charge in [-0.3, -0.25) is 4.79 Å². The normalized spacial score (nSPS) is 10.9. The largest absolute Gasteiger partial charge is 0.365 e. The van der Waals surface area contributed by atoms with Crippen molar-refractivity contribution in [1.29, 1.82) is 0 Å². The molecular weight excluding hydrogens is 244 g/mol. The summed E-state index contributed by atoms with van der Waals surface area (Å²) in [6, 6.07) is 14.0. The number of hydrogen-bond donors (Lipinski definition) is 1. The summed E-state index contributed by atoms with van der Waals surface area (Å²) in [5.74, 6) is -0.375. The molecule has 0 aliphatic rings. The number of thiophene rings is 1. The Morgan fingerprint density at radius 1 is 1.22 bits per heavy atom. The van der Waals surface area contributed by atoms with Gasteiger partial charge in [-0.15, -0.1) is 11.3 Å². The molecule has 0 saturated carbocycles. The molecule has 2 aromatic heterocycles. The first-order valence-electron chi connectivity index (χ1n) is 5.64. The molecule has 0 bridgehead atoms. The van der Waals surface area contributed by atoms with E-state index in [2.05, 4.69) is 29.7 Å². The SMILES string of the molecule is Cc1cc2ccccc2n1-c1ccc(C(N)=O)s1. The maximum Gasteiger partial charge on any atom is 0.258 e. The second-order valence-corrected chi connectivity index (χ2v) is 5.24. The fourth-order valence-corrected chi connectivity index (χ4v) is 3.10. The molecule has 4 heteroatoms. The Bertz CT molecular complexity index is 739. The predicted octanol–water partition coefficient (Wildman–Crippen LogP) is 3.10. The van der Waals surface area contributed by atoms with Gasteiger partial charge in [0, 0.05) is 11.1 Å². The van der Waals surface area contributed by atoms with Gasteiger partial charge < -0.3 is 10.3 Å². The van der Waals surface area contributed by atoms with Gasteiger partial charge in [0.05, 0.1) is 10.4 Å². The molecule has 2 N–H and O–H groups in total. The third-order valence-corrected chi connectivity index (χ3v) is 4.03. The van der Waals surface area contributed by atoms with E-state index in [0.29, 0.717) is 4.88 Å². The van der Waals surface area contributed by atoms with Crippen LogP contribution in [0.4, 0.5) is 0 Å². The molecule has 3 nitrogen and oxygen atoms in total. The Kier molecular flexibility index (Phi) is 2.45. The van der Waals surface area contributed by atoms with Crippen LogP contribution in [0.2, 0.25) is 0 Å². The lowest BCUT2D eigenvalue weighted by atomic mass is 10.2. The Morgan fingerprint density at radius 3 is 2.72 bits per heavy atom. The van der Waals surface area contributed by atoms with Crippen molar-refractivity contribution in [3.05, 3.63) is 53.0 Å². The molecule has 0 radical (unpaired) electrons. The van der Waals surface area contributed by atoms with Gasteiger partial charge in [-0.25, -0.2) is 0 Å². The molecule has 0 aliphatic heterocycles. The number of carbonyl (C=O) groups is 1. The van der Waals surface area contributed by atoms with Crippen molar-refractivity contribution in [2.75, 3.05) is 0 Å². The quantitative estimate of drug-likeness (QED) is 0.752. The second kappa shape index (κ2) is 3.99. The predicted molar refractivity (Wildman–Crippen MR) is 74.4 cm³/mol. The van der Waals surface area contributed by atoms with Crippen molar-refractivity contribution < 1.29 is 4.79 Å². The Hall–Kier alpha value is -2.07. The number of primary amides is 1. The van der Waals surface area contributed by atoms with Crippen molar-refractivity contribution in [3.8, 4) is 5.00 Å². The van der Waals surface area contributed by atoms with Crippen LogP contribution in [0.1, 0.15) is 15.4 Å². The number of aromatic nitrogens is 1. The minimum Gasteiger partial charge on any atom is -0.365 e. The van der Waals surface area contributed by atoms with Gasteiger partial charge in [-0.2, -0.15) is 0 Å². The lowest BCUT2D eigenvalue weighted by molar-refractivity contribution is 0.100. The van der Waals surface area contributed by atoms with E-state index >= 15 is 0 Å². The average molecular weight is 256 g/mol. The molecule has 0 atom stereocenters. The smallest absolute Gasteiger partial charge is 0.258 e. The number of fused-ring (bicyclic) bond motifs is 1. The van der Waals surface area contributed by atoms with E-state index in [0.717, 1.165) is 16.2 Å². The first kappa shape index (κ1) is 11.0. The van der Waals surface area contributed by atoms with E-state index in [-0.39, 0.29) is 5.91 Å². The fourth-order valence-electron chi connectivity index (χ4n) is 2.17. The van der Waals surface area contributed by atoms with Crippen molar-refractivity contribution in [2.24, 2.45) is 5.73 Å². The van der Waals surface area contributed by atoms with Crippen LogP contribution in [-0.4, -0.2) is 10.5 Å². The molecule has 18 heavy (non-hydrogen) atoms. The van der Waals surface area contributed by atoms with Crippen LogP contribution < -0.4 is 5.73 Å². The zero-order chi connectivity index (χ0) is 12.7. The van der Waals surface area contributed by atoms with Gasteiger partial charge in [-0.1, -0.05) is 18.2 Å². The van der Waals surface area contributed by atoms with Gasteiger partial charge in [-0.05, 0) is 31.2 Å². The summed E-state index contributed by atoms with van der Waals surface area (Å²) in [5.41, 5.74) is 7.59. The number of amides is 1. The number of carbonyl (C=O) groups excluding carboxylic acids is 1. The Morgan fingerprint density at radius 2 is 2.00 bits per heavy atom. The molecular formula is C14H12N2OS. The summed E-state index contributed by atoms with van der Waals surface area (Å²) in [6.45, 7) is 2.06.